The Balaban J connectivity index is 2.37. The van der Waals surface area contributed by atoms with Crippen LogP contribution in [0.15, 0.2) is 5.10 Å². The van der Waals surface area contributed by atoms with Crippen LogP contribution in [0.5, 0.6) is 0 Å². The van der Waals surface area contributed by atoms with E-state index in [4.69, 9.17) is 9.84 Å². The van der Waals surface area contributed by atoms with Crippen LogP contribution in [0.3, 0.4) is 0 Å². The number of hydrogen-bond acceptors (Lipinski definition) is 4. The Hall–Kier alpha value is -0.770. The van der Waals surface area contributed by atoms with E-state index in [-0.39, 0.29) is 0 Å². The summed E-state index contributed by atoms with van der Waals surface area (Å²) in [5, 5.41) is 12.2. The van der Waals surface area contributed by atoms with Gasteiger partial charge in [0.2, 0.25) is 5.90 Å². The number of hydrogen-bond donors (Lipinski definition) is 2. The predicted molar refractivity (Wildman–Crippen MR) is 28.0 cm³/mol. The van der Waals surface area contributed by atoms with Gasteiger partial charge in [-0.05, 0) is 0 Å². The molecule has 1 aliphatic heterocycles. The molecule has 1 atom stereocenters. The van der Waals surface area contributed by atoms with Crippen molar-refractivity contribution < 1.29 is 9.84 Å². The number of hydrazone groups is 1. The lowest BCUT2D eigenvalue weighted by atomic mass is 10.5. The van der Waals surface area contributed by atoms with Crippen molar-refractivity contribution in [3.05, 3.63) is 0 Å². The Bertz CT molecular complexity index is 113. The Morgan fingerprint density at radius 1 is 2.00 bits per heavy atom. The second kappa shape index (κ2) is 2.00. The fraction of sp³-hybridized carbons (Fsp3) is 0.750. The summed E-state index contributed by atoms with van der Waals surface area (Å²) in [4.78, 5) is 0. The highest BCUT2D eigenvalue weighted by Crippen LogP contribution is 1.97. The van der Waals surface area contributed by atoms with E-state index in [2.05, 4.69) is 10.5 Å². The summed E-state index contributed by atoms with van der Waals surface area (Å²) in [5.41, 5.74) is 2.34. The summed E-state index contributed by atoms with van der Waals surface area (Å²) in [6.07, 6.45) is -0.214. The van der Waals surface area contributed by atoms with Crippen LogP contribution in [-0.4, -0.2) is 17.4 Å². The number of nitrogens with zero attached hydrogens (tertiary/aromatic N) is 1. The van der Waals surface area contributed by atoms with Gasteiger partial charge in [0, 0.05) is 6.42 Å². The zero-order valence-corrected chi connectivity index (χ0v) is 4.59. The van der Waals surface area contributed by atoms with Gasteiger partial charge in [0.25, 0.3) is 6.41 Å². The first kappa shape index (κ1) is 5.37. The van der Waals surface area contributed by atoms with Gasteiger partial charge < -0.3 is 9.84 Å². The standard InChI is InChI=1S/C4H8N2O2/c1-2-3-5-6-4(7)8-3/h4,6-7H,2H2,1H3. The van der Waals surface area contributed by atoms with E-state index in [1.807, 2.05) is 6.92 Å². The number of ether oxygens (including phenoxy) is 1. The smallest absolute Gasteiger partial charge is 0.295 e. The van der Waals surface area contributed by atoms with Gasteiger partial charge in [0.15, 0.2) is 0 Å². The van der Waals surface area contributed by atoms with Gasteiger partial charge in [0.05, 0.1) is 0 Å². The maximum atomic E-state index is 8.58. The van der Waals surface area contributed by atoms with Crippen molar-refractivity contribution >= 4 is 5.90 Å². The van der Waals surface area contributed by atoms with Gasteiger partial charge in [-0.25, -0.2) is 5.43 Å². The molecule has 1 rings (SSSR count). The van der Waals surface area contributed by atoms with E-state index in [0.717, 1.165) is 0 Å². The van der Waals surface area contributed by atoms with Crippen LogP contribution in [0, 0.1) is 0 Å². The first-order valence-electron chi connectivity index (χ1n) is 2.49. The average molecular weight is 116 g/mol. The van der Waals surface area contributed by atoms with Gasteiger partial charge in [-0.3, -0.25) is 0 Å². The largest absolute Gasteiger partial charge is 0.431 e. The molecule has 4 nitrogen and oxygen atoms in total. The quantitative estimate of drug-likeness (QED) is 0.490. The average Bonchev–Trinajstić information content (AvgIpc) is 2.14. The third kappa shape index (κ3) is 0.894. The lowest BCUT2D eigenvalue weighted by Crippen LogP contribution is -2.19. The lowest BCUT2D eigenvalue weighted by molar-refractivity contribution is -0.0346. The lowest BCUT2D eigenvalue weighted by Gasteiger charge is -1.99. The van der Waals surface area contributed by atoms with Crippen LogP contribution in [0.25, 0.3) is 0 Å². The fourth-order valence-electron chi connectivity index (χ4n) is 0.471. The maximum Gasteiger partial charge on any atom is 0.295 e. The van der Waals surface area contributed by atoms with Crippen LogP contribution >= 0.6 is 0 Å². The molecule has 46 valence electrons. The summed E-state index contributed by atoms with van der Waals surface area (Å²) in [6.45, 7) is 1.90. The molecule has 0 spiro atoms. The number of rotatable bonds is 1. The fourth-order valence-corrected chi connectivity index (χ4v) is 0.471. The monoisotopic (exact) mass is 116 g/mol. The molecular weight excluding hydrogens is 108 g/mol. The van der Waals surface area contributed by atoms with Gasteiger partial charge in [-0.1, -0.05) is 6.92 Å². The molecule has 1 aliphatic rings. The Morgan fingerprint density at radius 3 is 3.00 bits per heavy atom. The molecule has 4 heteroatoms. The normalized spacial score (nSPS) is 26.2. The van der Waals surface area contributed by atoms with Crippen molar-refractivity contribution in [1.29, 1.82) is 0 Å². The molecule has 0 fully saturated rings. The van der Waals surface area contributed by atoms with Crippen molar-refractivity contribution in [2.45, 2.75) is 19.8 Å². The van der Waals surface area contributed by atoms with Crippen molar-refractivity contribution in [2.75, 3.05) is 0 Å². The SMILES string of the molecule is CCC1=NNC(O)O1. The highest BCUT2D eigenvalue weighted by molar-refractivity contribution is 5.76. The summed E-state index contributed by atoms with van der Waals surface area (Å²) in [5.74, 6) is 0.553. The summed E-state index contributed by atoms with van der Waals surface area (Å²) < 4.78 is 4.70. The predicted octanol–water partition coefficient (Wildman–Crippen LogP) is -0.394. The topological polar surface area (TPSA) is 53.9 Å². The second-order valence-corrected chi connectivity index (χ2v) is 1.46. The zero-order valence-electron chi connectivity index (χ0n) is 4.59. The highest BCUT2D eigenvalue weighted by Gasteiger charge is 2.12. The minimum Gasteiger partial charge on any atom is -0.431 e. The third-order valence-corrected chi connectivity index (χ3v) is 0.850. The molecule has 1 unspecified atom stereocenters. The second-order valence-electron chi connectivity index (χ2n) is 1.46. The molecule has 0 aliphatic carbocycles. The van der Waals surface area contributed by atoms with E-state index in [1.165, 1.54) is 0 Å². The highest BCUT2D eigenvalue weighted by atomic mass is 16.6. The molecular formula is C4H8N2O2. The molecule has 0 saturated heterocycles. The van der Waals surface area contributed by atoms with Gasteiger partial charge >= 0.3 is 0 Å². The Kier molecular flexibility index (Phi) is 1.34. The number of nitrogens with one attached hydrogen (secondary N) is 1. The van der Waals surface area contributed by atoms with Crippen LogP contribution in [0.1, 0.15) is 13.3 Å². The van der Waals surface area contributed by atoms with Crippen LogP contribution < -0.4 is 5.43 Å². The Morgan fingerprint density at radius 2 is 2.75 bits per heavy atom. The zero-order chi connectivity index (χ0) is 5.98. The minimum atomic E-state index is -0.926. The number of aliphatic hydroxyl groups excluding tert-OH is 1. The first-order valence-corrected chi connectivity index (χ1v) is 2.49. The van der Waals surface area contributed by atoms with Crippen LogP contribution in [0.4, 0.5) is 0 Å². The summed E-state index contributed by atoms with van der Waals surface area (Å²) >= 11 is 0. The molecule has 8 heavy (non-hydrogen) atoms. The van der Waals surface area contributed by atoms with Crippen LogP contribution in [-0.2, 0) is 4.74 Å². The molecule has 0 aromatic rings. The van der Waals surface area contributed by atoms with Crippen molar-refractivity contribution in [2.24, 2.45) is 5.10 Å². The molecule has 0 bridgehead atoms. The molecule has 1 heterocycles. The van der Waals surface area contributed by atoms with Crippen LogP contribution in [0.2, 0.25) is 0 Å². The van der Waals surface area contributed by atoms with Gasteiger partial charge in [-0.2, -0.15) is 0 Å². The van der Waals surface area contributed by atoms with E-state index < -0.39 is 6.41 Å². The first-order chi connectivity index (χ1) is 3.83. The molecule has 2 N–H and O–H groups in total. The molecule has 0 saturated carbocycles. The molecule has 0 aromatic carbocycles. The van der Waals surface area contributed by atoms with E-state index in [9.17, 15) is 0 Å². The molecule has 0 amide bonds. The summed E-state index contributed by atoms with van der Waals surface area (Å²) in [7, 11) is 0. The Labute approximate surface area is 47.2 Å². The van der Waals surface area contributed by atoms with E-state index in [0.29, 0.717) is 12.3 Å². The van der Waals surface area contributed by atoms with E-state index in [1.54, 1.807) is 0 Å². The minimum absolute atomic E-state index is 0.553. The summed E-state index contributed by atoms with van der Waals surface area (Å²) in [6, 6.07) is 0. The van der Waals surface area contributed by atoms with Crippen molar-refractivity contribution in [3.8, 4) is 0 Å². The van der Waals surface area contributed by atoms with Gasteiger partial charge in [0.1, 0.15) is 0 Å². The van der Waals surface area contributed by atoms with Gasteiger partial charge in [-0.15, -0.1) is 5.10 Å². The van der Waals surface area contributed by atoms with Crippen molar-refractivity contribution in [3.63, 3.8) is 0 Å². The third-order valence-electron chi connectivity index (χ3n) is 0.850. The van der Waals surface area contributed by atoms with E-state index >= 15 is 0 Å². The number of aliphatic hydroxyl groups is 1. The molecule has 0 aromatic heterocycles. The molecule has 0 radical (unpaired) electrons. The maximum absolute atomic E-state index is 8.58. The van der Waals surface area contributed by atoms with Crippen molar-refractivity contribution in [1.82, 2.24) is 5.43 Å².